The smallest absolute Gasteiger partial charge is 0.318 e. The molecule has 1 aliphatic rings. The predicted octanol–water partition coefficient (Wildman–Crippen LogP) is -0.855. The lowest BCUT2D eigenvalue weighted by molar-refractivity contribution is -0.485. The van der Waals surface area contributed by atoms with E-state index < -0.39 is 29.6 Å². The van der Waals surface area contributed by atoms with Crippen molar-refractivity contribution in [3.63, 3.8) is 0 Å². The van der Waals surface area contributed by atoms with Crippen LogP contribution in [0.5, 0.6) is 0 Å². The molecule has 0 saturated carbocycles. The fraction of sp³-hybridized carbons (Fsp3) is 0.800. The molecule has 2 unspecified atom stereocenters. The molecule has 1 saturated heterocycles. The number of aliphatic hydroxyl groups excluding tert-OH is 1. The van der Waals surface area contributed by atoms with Crippen molar-refractivity contribution in [3.05, 3.63) is 10.1 Å². The van der Waals surface area contributed by atoms with E-state index in [1.807, 2.05) is 0 Å². The van der Waals surface area contributed by atoms with Crippen LogP contribution in [0.3, 0.4) is 0 Å². The monoisotopic (exact) mass is 161 g/mol. The van der Waals surface area contributed by atoms with Gasteiger partial charge in [0.1, 0.15) is 5.92 Å². The maximum Gasteiger partial charge on any atom is 0.318 e. The number of nitrogens with zero attached hydrogens (tertiary/aromatic N) is 1. The summed E-state index contributed by atoms with van der Waals surface area (Å²) >= 11 is 0. The standard InChI is InChI=1S/C5H7NO5/c7-4-1-3(2-6(9)10)5(8)11-4/h3-4,7H,1-2H2. The number of carbonyl (C=O) groups is 1. The first kappa shape index (κ1) is 7.93. The molecular formula is C5H7NO5. The molecule has 6 nitrogen and oxygen atoms in total. The van der Waals surface area contributed by atoms with E-state index in [1.54, 1.807) is 0 Å². The number of nitro groups is 1. The van der Waals surface area contributed by atoms with Gasteiger partial charge in [-0.05, 0) is 0 Å². The first-order valence-electron chi connectivity index (χ1n) is 3.10. The SMILES string of the molecule is O=C1OC(O)CC1C[N+](=O)[O-]. The summed E-state index contributed by atoms with van der Waals surface area (Å²) in [5, 5.41) is 18.6. The maximum atomic E-state index is 10.6. The van der Waals surface area contributed by atoms with Gasteiger partial charge in [-0.25, -0.2) is 0 Å². The highest BCUT2D eigenvalue weighted by molar-refractivity contribution is 5.74. The number of hydrogen-bond acceptors (Lipinski definition) is 5. The van der Waals surface area contributed by atoms with E-state index >= 15 is 0 Å². The van der Waals surface area contributed by atoms with Crippen molar-refractivity contribution in [3.8, 4) is 0 Å². The second-order valence-electron chi connectivity index (χ2n) is 2.34. The van der Waals surface area contributed by atoms with Gasteiger partial charge in [-0.2, -0.15) is 0 Å². The molecule has 1 rings (SSSR count). The molecule has 1 fully saturated rings. The Labute approximate surface area is 61.9 Å². The maximum absolute atomic E-state index is 10.6. The molecular weight excluding hydrogens is 154 g/mol. The molecule has 2 atom stereocenters. The molecule has 0 bridgehead atoms. The van der Waals surface area contributed by atoms with Crippen LogP contribution in [0.25, 0.3) is 0 Å². The normalized spacial score (nSPS) is 30.1. The zero-order valence-corrected chi connectivity index (χ0v) is 5.60. The molecule has 11 heavy (non-hydrogen) atoms. The van der Waals surface area contributed by atoms with Crippen molar-refractivity contribution in [1.29, 1.82) is 0 Å². The summed E-state index contributed by atoms with van der Waals surface area (Å²) in [4.78, 5) is 20.0. The van der Waals surface area contributed by atoms with Crippen molar-refractivity contribution >= 4 is 5.97 Å². The number of esters is 1. The summed E-state index contributed by atoms with van der Waals surface area (Å²) in [7, 11) is 0. The van der Waals surface area contributed by atoms with Gasteiger partial charge in [0.05, 0.1) is 0 Å². The minimum absolute atomic E-state index is 0.0276. The van der Waals surface area contributed by atoms with E-state index in [4.69, 9.17) is 5.11 Å². The Balaban J connectivity index is 2.47. The largest absolute Gasteiger partial charge is 0.436 e. The first-order valence-corrected chi connectivity index (χ1v) is 3.10. The molecule has 0 amide bonds. The van der Waals surface area contributed by atoms with E-state index in [-0.39, 0.29) is 6.42 Å². The lowest BCUT2D eigenvalue weighted by Crippen LogP contribution is -2.18. The molecule has 0 aliphatic carbocycles. The van der Waals surface area contributed by atoms with Crippen molar-refractivity contribution in [2.45, 2.75) is 12.7 Å². The summed E-state index contributed by atoms with van der Waals surface area (Å²) in [6, 6.07) is 0. The van der Waals surface area contributed by atoms with E-state index in [1.165, 1.54) is 0 Å². The van der Waals surface area contributed by atoms with Crippen molar-refractivity contribution in [2.24, 2.45) is 5.92 Å². The lowest BCUT2D eigenvalue weighted by atomic mass is 10.1. The second kappa shape index (κ2) is 2.83. The second-order valence-corrected chi connectivity index (χ2v) is 2.34. The van der Waals surface area contributed by atoms with Crippen LogP contribution in [0.2, 0.25) is 0 Å². The Morgan fingerprint density at radius 1 is 1.82 bits per heavy atom. The number of aliphatic hydroxyl groups is 1. The highest BCUT2D eigenvalue weighted by Crippen LogP contribution is 2.18. The van der Waals surface area contributed by atoms with Crippen LogP contribution in [0.4, 0.5) is 0 Å². The molecule has 62 valence electrons. The summed E-state index contributed by atoms with van der Waals surface area (Å²) in [6.07, 6.45) is -1.13. The minimum Gasteiger partial charge on any atom is -0.436 e. The molecule has 0 spiro atoms. The van der Waals surface area contributed by atoms with Crippen LogP contribution in [-0.4, -0.2) is 28.8 Å². The van der Waals surface area contributed by atoms with Gasteiger partial charge in [-0.15, -0.1) is 0 Å². The summed E-state index contributed by atoms with van der Waals surface area (Å²) in [5.41, 5.74) is 0. The molecule has 1 N–H and O–H groups in total. The predicted molar refractivity (Wildman–Crippen MR) is 32.1 cm³/mol. The number of cyclic esters (lactones) is 1. The highest BCUT2D eigenvalue weighted by atomic mass is 16.6. The Hall–Kier alpha value is -1.17. The van der Waals surface area contributed by atoms with Gasteiger partial charge in [-0.3, -0.25) is 14.9 Å². The molecule has 0 radical (unpaired) electrons. The average Bonchev–Trinajstić information content (AvgIpc) is 2.09. The molecule has 0 aromatic carbocycles. The van der Waals surface area contributed by atoms with Gasteiger partial charge in [0.15, 0.2) is 0 Å². The lowest BCUT2D eigenvalue weighted by Gasteiger charge is -1.95. The Bertz CT molecular complexity index is 191. The third-order valence-electron chi connectivity index (χ3n) is 1.44. The molecule has 0 aromatic rings. The van der Waals surface area contributed by atoms with E-state index in [2.05, 4.69) is 4.74 Å². The molecule has 0 aromatic heterocycles. The Kier molecular flexibility index (Phi) is 2.04. The van der Waals surface area contributed by atoms with Gasteiger partial charge in [0.2, 0.25) is 12.8 Å². The first-order chi connectivity index (χ1) is 5.09. The van der Waals surface area contributed by atoms with Crippen LogP contribution >= 0.6 is 0 Å². The molecule has 1 aliphatic heterocycles. The summed E-state index contributed by atoms with van der Waals surface area (Å²) < 4.78 is 4.29. The zero-order chi connectivity index (χ0) is 8.43. The van der Waals surface area contributed by atoms with Crippen LogP contribution in [-0.2, 0) is 9.53 Å². The third-order valence-corrected chi connectivity index (χ3v) is 1.44. The van der Waals surface area contributed by atoms with E-state index in [0.29, 0.717) is 0 Å². The highest BCUT2D eigenvalue weighted by Gasteiger charge is 2.36. The molecule has 1 heterocycles. The average molecular weight is 161 g/mol. The van der Waals surface area contributed by atoms with Crippen LogP contribution in [0.15, 0.2) is 0 Å². The van der Waals surface area contributed by atoms with Crippen LogP contribution in [0.1, 0.15) is 6.42 Å². The summed E-state index contributed by atoms with van der Waals surface area (Å²) in [6.45, 7) is -0.462. The van der Waals surface area contributed by atoms with E-state index in [9.17, 15) is 14.9 Å². The van der Waals surface area contributed by atoms with Gasteiger partial charge < -0.3 is 9.84 Å². The number of carbonyl (C=O) groups excluding carboxylic acids is 1. The van der Waals surface area contributed by atoms with E-state index in [0.717, 1.165) is 0 Å². The minimum atomic E-state index is -1.16. The van der Waals surface area contributed by atoms with Crippen LogP contribution < -0.4 is 0 Å². The quantitative estimate of drug-likeness (QED) is 0.323. The van der Waals surface area contributed by atoms with Gasteiger partial charge >= 0.3 is 5.97 Å². The fourth-order valence-electron chi connectivity index (χ4n) is 0.947. The summed E-state index contributed by atoms with van der Waals surface area (Å²) in [5.74, 6) is -1.46. The molecule has 6 heteroatoms. The topological polar surface area (TPSA) is 89.7 Å². The van der Waals surface area contributed by atoms with Gasteiger partial charge in [0, 0.05) is 11.3 Å². The number of ether oxygens (including phenoxy) is 1. The fourth-order valence-corrected chi connectivity index (χ4v) is 0.947. The van der Waals surface area contributed by atoms with Gasteiger partial charge in [-0.1, -0.05) is 0 Å². The van der Waals surface area contributed by atoms with Crippen molar-refractivity contribution < 1.29 is 19.6 Å². The van der Waals surface area contributed by atoms with Gasteiger partial charge in [0.25, 0.3) is 0 Å². The van der Waals surface area contributed by atoms with Crippen molar-refractivity contribution in [1.82, 2.24) is 0 Å². The number of rotatable bonds is 2. The van der Waals surface area contributed by atoms with Crippen molar-refractivity contribution in [2.75, 3.05) is 6.54 Å². The zero-order valence-electron chi connectivity index (χ0n) is 5.60. The Morgan fingerprint density at radius 2 is 2.45 bits per heavy atom. The third kappa shape index (κ3) is 1.87. The number of hydrogen-bond donors (Lipinski definition) is 1. The van der Waals surface area contributed by atoms with Crippen LogP contribution in [0, 0.1) is 16.0 Å². The Morgan fingerprint density at radius 3 is 2.82 bits per heavy atom.